The molecule has 1 fully saturated rings. The smallest absolute Gasteiger partial charge is 0.150 e. The van der Waals surface area contributed by atoms with Crippen LogP contribution < -0.4 is 0 Å². The molecular formula is C5H9O4. The normalized spacial score (nSPS) is 37.7. The van der Waals surface area contributed by atoms with E-state index in [1.165, 1.54) is 0 Å². The largest absolute Gasteiger partial charge is 0.394 e. The lowest BCUT2D eigenvalue weighted by Crippen LogP contribution is -2.27. The zero-order valence-electron chi connectivity index (χ0n) is 4.82. The molecule has 0 aliphatic carbocycles. The summed E-state index contributed by atoms with van der Waals surface area (Å²) in [6.07, 6.45) is -1.74. The molecule has 0 aromatic heterocycles. The predicted molar refractivity (Wildman–Crippen MR) is 28.0 cm³/mol. The van der Waals surface area contributed by atoms with Gasteiger partial charge in [0.1, 0.15) is 18.3 Å². The first kappa shape index (κ1) is 6.95. The van der Waals surface area contributed by atoms with E-state index in [-0.39, 0.29) is 19.3 Å². The maximum absolute atomic E-state index is 8.89. The Morgan fingerprint density at radius 2 is 2.33 bits per heavy atom. The highest BCUT2D eigenvalue weighted by molar-refractivity contribution is 4.96. The van der Waals surface area contributed by atoms with Crippen LogP contribution in [0.3, 0.4) is 0 Å². The Labute approximate surface area is 52.7 Å². The molecule has 0 aromatic carbocycles. The Morgan fingerprint density at radius 1 is 1.67 bits per heavy atom. The summed E-state index contributed by atoms with van der Waals surface area (Å²) in [5, 5.41) is 26.1. The van der Waals surface area contributed by atoms with Gasteiger partial charge in [0.05, 0.1) is 13.2 Å². The van der Waals surface area contributed by atoms with Gasteiger partial charge in [0.15, 0.2) is 0 Å². The minimum atomic E-state index is -1.00. The van der Waals surface area contributed by atoms with Crippen molar-refractivity contribution in [1.82, 2.24) is 0 Å². The Hall–Kier alpha value is -0.160. The highest BCUT2D eigenvalue weighted by Crippen LogP contribution is 2.18. The van der Waals surface area contributed by atoms with Gasteiger partial charge in [-0.2, -0.15) is 0 Å². The summed E-state index contributed by atoms with van der Waals surface area (Å²) >= 11 is 0. The van der Waals surface area contributed by atoms with Crippen molar-refractivity contribution >= 4 is 0 Å². The van der Waals surface area contributed by atoms with Crippen LogP contribution in [0.1, 0.15) is 0 Å². The Bertz CT molecular complexity index is 95.0. The van der Waals surface area contributed by atoms with Crippen LogP contribution in [-0.4, -0.2) is 40.7 Å². The molecule has 9 heavy (non-hydrogen) atoms. The molecule has 3 N–H and O–H groups in total. The van der Waals surface area contributed by atoms with Crippen LogP contribution in [0.5, 0.6) is 0 Å². The van der Waals surface area contributed by atoms with Crippen molar-refractivity contribution in [3.63, 3.8) is 0 Å². The molecule has 4 nitrogen and oxygen atoms in total. The molecule has 1 aliphatic rings. The molecular weight excluding hydrogens is 124 g/mol. The SMILES string of the molecule is OC[C@@H]1OC[C](O)[C@H]1O. The van der Waals surface area contributed by atoms with Gasteiger partial charge < -0.3 is 20.1 Å². The zero-order chi connectivity index (χ0) is 6.85. The Morgan fingerprint density at radius 3 is 2.56 bits per heavy atom. The summed E-state index contributed by atoms with van der Waals surface area (Å²) in [5.74, 6) is 0. The van der Waals surface area contributed by atoms with Gasteiger partial charge >= 0.3 is 0 Å². The summed E-state index contributed by atoms with van der Waals surface area (Å²) in [4.78, 5) is 0. The van der Waals surface area contributed by atoms with Crippen molar-refractivity contribution in [3.8, 4) is 0 Å². The van der Waals surface area contributed by atoms with E-state index >= 15 is 0 Å². The van der Waals surface area contributed by atoms with Crippen LogP contribution in [0.4, 0.5) is 0 Å². The topological polar surface area (TPSA) is 69.9 Å². The van der Waals surface area contributed by atoms with Gasteiger partial charge in [-0.15, -0.1) is 0 Å². The molecule has 1 radical (unpaired) electrons. The van der Waals surface area contributed by atoms with Gasteiger partial charge in [0, 0.05) is 0 Å². The fourth-order valence-corrected chi connectivity index (χ4v) is 0.736. The van der Waals surface area contributed by atoms with E-state index in [4.69, 9.17) is 20.1 Å². The fourth-order valence-electron chi connectivity index (χ4n) is 0.736. The Kier molecular flexibility index (Phi) is 2.02. The van der Waals surface area contributed by atoms with Crippen LogP contribution in [0, 0.1) is 6.10 Å². The summed E-state index contributed by atoms with van der Waals surface area (Å²) in [7, 11) is 0. The lowest BCUT2D eigenvalue weighted by atomic mass is 10.2. The number of ether oxygens (including phenoxy) is 1. The second-order valence-electron chi connectivity index (χ2n) is 1.97. The van der Waals surface area contributed by atoms with E-state index in [0.29, 0.717) is 0 Å². The van der Waals surface area contributed by atoms with Crippen LogP contribution in [0.2, 0.25) is 0 Å². The maximum Gasteiger partial charge on any atom is 0.150 e. The monoisotopic (exact) mass is 133 g/mol. The molecule has 2 atom stereocenters. The standard InChI is InChI=1S/C5H9O4/c6-1-4-5(8)3(7)2-9-4/h4-8H,1-2H2/t4-,5+/m0/s1. The van der Waals surface area contributed by atoms with Gasteiger partial charge in [0.2, 0.25) is 0 Å². The summed E-state index contributed by atoms with van der Waals surface area (Å²) in [5.41, 5.74) is 0. The van der Waals surface area contributed by atoms with E-state index < -0.39 is 12.2 Å². The average Bonchev–Trinajstić information content (AvgIpc) is 2.15. The molecule has 1 saturated heterocycles. The third-order valence-corrected chi connectivity index (χ3v) is 1.32. The minimum Gasteiger partial charge on any atom is -0.394 e. The van der Waals surface area contributed by atoms with Crippen LogP contribution in [0.15, 0.2) is 0 Å². The van der Waals surface area contributed by atoms with Gasteiger partial charge in [-0.25, -0.2) is 0 Å². The lowest BCUT2D eigenvalue weighted by Gasteiger charge is -2.09. The lowest BCUT2D eigenvalue weighted by molar-refractivity contribution is 0.00201. The number of hydrogen-bond acceptors (Lipinski definition) is 4. The predicted octanol–water partition coefficient (Wildman–Crippen LogP) is -1.36. The van der Waals surface area contributed by atoms with E-state index in [0.717, 1.165) is 0 Å². The first-order valence-electron chi connectivity index (χ1n) is 2.71. The average molecular weight is 133 g/mol. The molecule has 53 valence electrons. The van der Waals surface area contributed by atoms with Crippen molar-refractivity contribution in [2.75, 3.05) is 13.2 Å². The number of aliphatic hydroxyl groups excluding tert-OH is 3. The van der Waals surface area contributed by atoms with E-state index in [1.807, 2.05) is 0 Å². The first-order valence-corrected chi connectivity index (χ1v) is 2.71. The van der Waals surface area contributed by atoms with Gasteiger partial charge in [-0.3, -0.25) is 0 Å². The van der Waals surface area contributed by atoms with Crippen molar-refractivity contribution in [2.24, 2.45) is 0 Å². The second-order valence-corrected chi connectivity index (χ2v) is 1.97. The quantitative estimate of drug-likeness (QED) is 0.413. The summed E-state index contributed by atoms with van der Waals surface area (Å²) in [6, 6.07) is 0. The van der Waals surface area contributed by atoms with Crippen molar-refractivity contribution in [3.05, 3.63) is 6.10 Å². The van der Waals surface area contributed by atoms with E-state index in [2.05, 4.69) is 0 Å². The van der Waals surface area contributed by atoms with Gasteiger partial charge in [-0.05, 0) is 0 Å². The summed E-state index contributed by atoms with van der Waals surface area (Å²) in [6.45, 7) is -0.225. The minimum absolute atomic E-state index is 0.0341. The number of hydrogen-bond donors (Lipinski definition) is 3. The highest BCUT2D eigenvalue weighted by atomic mass is 16.5. The highest BCUT2D eigenvalue weighted by Gasteiger charge is 2.34. The summed E-state index contributed by atoms with van der Waals surface area (Å²) < 4.78 is 4.74. The molecule has 1 rings (SSSR count). The number of aliphatic hydroxyl groups is 3. The Balaban J connectivity index is 2.41. The maximum atomic E-state index is 8.89. The molecule has 0 aromatic rings. The molecule has 0 bridgehead atoms. The van der Waals surface area contributed by atoms with Gasteiger partial charge in [0.25, 0.3) is 0 Å². The fraction of sp³-hybridized carbons (Fsp3) is 0.800. The third-order valence-electron chi connectivity index (χ3n) is 1.32. The number of rotatable bonds is 1. The zero-order valence-corrected chi connectivity index (χ0v) is 4.82. The molecule has 0 unspecified atom stereocenters. The molecule has 0 saturated carbocycles. The molecule has 1 heterocycles. The van der Waals surface area contributed by atoms with Crippen molar-refractivity contribution in [1.29, 1.82) is 0 Å². The van der Waals surface area contributed by atoms with Crippen LogP contribution in [-0.2, 0) is 4.74 Å². The van der Waals surface area contributed by atoms with E-state index in [9.17, 15) is 0 Å². The molecule has 4 heteroatoms. The van der Waals surface area contributed by atoms with Crippen LogP contribution in [0.25, 0.3) is 0 Å². The molecule has 0 amide bonds. The van der Waals surface area contributed by atoms with Gasteiger partial charge in [-0.1, -0.05) is 0 Å². The first-order chi connectivity index (χ1) is 4.25. The molecule has 0 spiro atoms. The van der Waals surface area contributed by atoms with Crippen molar-refractivity contribution < 1.29 is 20.1 Å². The third kappa shape index (κ3) is 1.21. The second kappa shape index (κ2) is 2.62. The van der Waals surface area contributed by atoms with Crippen molar-refractivity contribution in [2.45, 2.75) is 12.2 Å². The van der Waals surface area contributed by atoms with E-state index in [1.54, 1.807) is 0 Å². The van der Waals surface area contributed by atoms with Crippen LogP contribution >= 0.6 is 0 Å². The molecule has 1 aliphatic heterocycles.